The van der Waals surface area contributed by atoms with Gasteiger partial charge in [-0.1, -0.05) is 36.0 Å². The summed E-state index contributed by atoms with van der Waals surface area (Å²) in [7, 11) is 3.19. The molecule has 0 saturated heterocycles. The fraction of sp³-hybridized carbons (Fsp3) is 0.238. The van der Waals surface area contributed by atoms with Crippen molar-refractivity contribution in [1.29, 1.82) is 0 Å². The summed E-state index contributed by atoms with van der Waals surface area (Å²) in [5, 5.41) is 3.72. The first-order valence-electron chi connectivity index (χ1n) is 8.82. The van der Waals surface area contributed by atoms with Crippen LogP contribution in [0.2, 0.25) is 0 Å². The van der Waals surface area contributed by atoms with Gasteiger partial charge in [0.05, 0.1) is 25.7 Å². The highest BCUT2D eigenvalue weighted by molar-refractivity contribution is 7.99. The molecule has 0 aliphatic rings. The topological polar surface area (TPSA) is 65.4 Å². The van der Waals surface area contributed by atoms with E-state index < -0.39 is 0 Å². The monoisotopic (exact) mass is 397 g/mol. The fourth-order valence-corrected chi connectivity index (χ4v) is 3.58. The molecule has 0 spiro atoms. The van der Waals surface area contributed by atoms with E-state index in [1.54, 1.807) is 20.4 Å². The molecule has 1 amide bonds. The van der Waals surface area contributed by atoms with Gasteiger partial charge in [0.2, 0.25) is 5.91 Å². The highest BCUT2D eigenvalue weighted by atomic mass is 32.2. The lowest BCUT2D eigenvalue weighted by atomic mass is 10.2. The van der Waals surface area contributed by atoms with E-state index in [0.717, 1.165) is 22.0 Å². The number of methoxy groups -OCH3 is 2. The molecule has 0 fully saturated rings. The molecule has 6 nitrogen and oxygen atoms in total. The maximum absolute atomic E-state index is 12.3. The number of carbonyl (C=O) groups is 1. The largest absolute Gasteiger partial charge is 0.493 e. The molecule has 28 heavy (non-hydrogen) atoms. The Morgan fingerprint density at radius 3 is 2.68 bits per heavy atom. The number of hydrogen-bond donors (Lipinski definition) is 1. The van der Waals surface area contributed by atoms with Crippen molar-refractivity contribution in [2.75, 3.05) is 20.0 Å². The van der Waals surface area contributed by atoms with Crippen molar-refractivity contribution >= 4 is 17.7 Å². The molecule has 146 valence electrons. The predicted octanol–water partition coefficient (Wildman–Crippen LogP) is 3.61. The maximum Gasteiger partial charge on any atom is 0.230 e. The van der Waals surface area contributed by atoms with E-state index in [-0.39, 0.29) is 11.7 Å². The van der Waals surface area contributed by atoms with Gasteiger partial charge in [0.15, 0.2) is 16.7 Å². The molecule has 0 bridgehead atoms. The van der Waals surface area contributed by atoms with Crippen LogP contribution in [0.15, 0.2) is 60.0 Å². The third kappa shape index (κ3) is 4.67. The highest BCUT2D eigenvalue weighted by Gasteiger charge is 2.11. The molecule has 0 saturated carbocycles. The standard InChI is InChI=1S/C21H23N3O3S/c1-15-6-4-5-7-17(15)24-11-10-22-21(24)28-14-20(25)23-13-16-8-9-18(26-2)19(12-16)27-3/h4-12H,13-14H2,1-3H3,(H,23,25). The number of aryl methyl sites for hydroxylation is 1. The second-order valence-electron chi connectivity index (χ2n) is 6.12. The first-order valence-corrected chi connectivity index (χ1v) is 9.80. The van der Waals surface area contributed by atoms with Crippen LogP contribution in [0.3, 0.4) is 0 Å². The molecule has 3 rings (SSSR count). The molecular weight excluding hydrogens is 374 g/mol. The number of nitrogens with zero attached hydrogens (tertiary/aromatic N) is 2. The molecule has 1 aromatic heterocycles. The zero-order valence-electron chi connectivity index (χ0n) is 16.1. The Balaban J connectivity index is 1.57. The second kappa shape index (κ2) is 9.32. The molecule has 3 aromatic rings. The van der Waals surface area contributed by atoms with Gasteiger partial charge in [-0.2, -0.15) is 0 Å². The molecule has 1 N–H and O–H groups in total. The highest BCUT2D eigenvalue weighted by Crippen LogP contribution is 2.27. The number of amides is 1. The van der Waals surface area contributed by atoms with Gasteiger partial charge in [-0.05, 0) is 36.2 Å². The number of para-hydroxylation sites is 1. The quantitative estimate of drug-likeness (QED) is 0.588. The third-order valence-electron chi connectivity index (χ3n) is 4.25. The number of aromatic nitrogens is 2. The van der Waals surface area contributed by atoms with Crippen molar-refractivity contribution in [3.63, 3.8) is 0 Å². The smallest absolute Gasteiger partial charge is 0.230 e. The van der Waals surface area contributed by atoms with Crippen LogP contribution in [0.4, 0.5) is 0 Å². The van der Waals surface area contributed by atoms with E-state index in [1.165, 1.54) is 11.8 Å². The Hall–Kier alpha value is -2.93. The van der Waals surface area contributed by atoms with E-state index in [2.05, 4.69) is 23.3 Å². The summed E-state index contributed by atoms with van der Waals surface area (Å²) in [5.74, 6) is 1.54. The summed E-state index contributed by atoms with van der Waals surface area (Å²) in [5.41, 5.74) is 3.16. The van der Waals surface area contributed by atoms with E-state index in [0.29, 0.717) is 18.0 Å². The zero-order chi connectivity index (χ0) is 19.9. The Kier molecular flexibility index (Phi) is 6.60. The third-order valence-corrected chi connectivity index (χ3v) is 5.22. The van der Waals surface area contributed by atoms with Gasteiger partial charge in [-0.25, -0.2) is 4.98 Å². The van der Waals surface area contributed by atoms with Crippen LogP contribution < -0.4 is 14.8 Å². The first-order chi connectivity index (χ1) is 13.6. The minimum absolute atomic E-state index is 0.0564. The van der Waals surface area contributed by atoms with Crippen molar-refractivity contribution < 1.29 is 14.3 Å². The summed E-state index contributed by atoms with van der Waals surface area (Å²) in [6.07, 6.45) is 3.66. The summed E-state index contributed by atoms with van der Waals surface area (Å²) in [6, 6.07) is 13.7. The molecular formula is C21H23N3O3S. The summed E-state index contributed by atoms with van der Waals surface area (Å²) in [6.45, 7) is 2.48. The summed E-state index contributed by atoms with van der Waals surface area (Å²) in [4.78, 5) is 16.7. The van der Waals surface area contributed by atoms with Crippen molar-refractivity contribution in [3.05, 3.63) is 66.0 Å². The Morgan fingerprint density at radius 1 is 1.14 bits per heavy atom. The second-order valence-corrected chi connectivity index (χ2v) is 7.06. The number of benzene rings is 2. The van der Waals surface area contributed by atoms with Crippen molar-refractivity contribution in [1.82, 2.24) is 14.9 Å². The number of ether oxygens (including phenoxy) is 2. The van der Waals surface area contributed by atoms with Crippen LogP contribution in [0.25, 0.3) is 5.69 Å². The SMILES string of the molecule is COc1ccc(CNC(=O)CSc2nccn2-c2ccccc2C)cc1OC. The average Bonchev–Trinajstić information content (AvgIpc) is 3.19. The van der Waals surface area contributed by atoms with Gasteiger partial charge in [0, 0.05) is 18.9 Å². The molecule has 0 unspecified atom stereocenters. The first kappa shape index (κ1) is 19.8. The molecule has 7 heteroatoms. The molecule has 1 heterocycles. The Bertz CT molecular complexity index is 956. The number of thioether (sulfide) groups is 1. The fourth-order valence-electron chi connectivity index (χ4n) is 2.79. The Morgan fingerprint density at radius 2 is 1.93 bits per heavy atom. The lowest BCUT2D eigenvalue weighted by Crippen LogP contribution is -2.24. The van der Waals surface area contributed by atoms with Crippen molar-refractivity contribution in [2.24, 2.45) is 0 Å². The summed E-state index contributed by atoms with van der Waals surface area (Å²) < 4.78 is 12.5. The number of nitrogens with one attached hydrogen (secondary N) is 1. The summed E-state index contributed by atoms with van der Waals surface area (Å²) >= 11 is 1.41. The van der Waals surface area contributed by atoms with Gasteiger partial charge in [-0.3, -0.25) is 9.36 Å². The zero-order valence-corrected chi connectivity index (χ0v) is 17.0. The molecule has 0 atom stereocenters. The van der Waals surface area contributed by atoms with Gasteiger partial charge in [-0.15, -0.1) is 0 Å². The number of imidazole rings is 1. The van der Waals surface area contributed by atoms with Gasteiger partial charge in [0.1, 0.15) is 0 Å². The van der Waals surface area contributed by atoms with E-state index in [1.807, 2.05) is 47.2 Å². The van der Waals surface area contributed by atoms with Crippen LogP contribution in [0.5, 0.6) is 11.5 Å². The average molecular weight is 398 g/mol. The van der Waals surface area contributed by atoms with Crippen molar-refractivity contribution in [2.45, 2.75) is 18.6 Å². The van der Waals surface area contributed by atoms with Crippen LogP contribution >= 0.6 is 11.8 Å². The number of carbonyl (C=O) groups excluding carboxylic acids is 1. The van der Waals surface area contributed by atoms with E-state index in [9.17, 15) is 4.79 Å². The molecule has 0 aliphatic heterocycles. The van der Waals surface area contributed by atoms with Gasteiger partial charge in [0.25, 0.3) is 0 Å². The lowest BCUT2D eigenvalue weighted by Gasteiger charge is -2.11. The van der Waals surface area contributed by atoms with Crippen LogP contribution in [-0.2, 0) is 11.3 Å². The minimum atomic E-state index is -0.0564. The van der Waals surface area contributed by atoms with Crippen LogP contribution in [-0.4, -0.2) is 35.4 Å². The van der Waals surface area contributed by atoms with Crippen LogP contribution in [0, 0.1) is 6.92 Å². The van der Waals surface area contributed by atoms with E-state index in [4.69, 9.17) is 9.47 Å². The lowest BCUT2D eigenvalue weighted by molar-refractivity contribution is -0.118. The Labute approximate surface area is 168 Å². The van der Waals surface area contributed by atoms with Gasteiger partial charge >= 0.3 is 0 Å². The number of hydrogen-bond acceptors (Lipinski definition) is 5. The van der Waals surface area contributed by atoms with Gasteiger partial charge < -0.3 is 14.8 Å². The number of rotatable bonds is 8. The predicted molar refractivity (Wildman–Crippen MR) is 110 cm³/mol. The molecule has 2 aromatic carbocycles. The maximum atomic E-state index is 12.3. The van der Waals surface area contributed by atoms with E-state index >= 15 is 0 Å². The normalized spacial score (nSPS) is 10.5. The molecule has 0 radical (unpaired) electrons. The van der Waals surface area contributed by atoms with Crippen molar-refractivity contribution in [3.8, 4) is 17.2 Å². The van der Waals surface area contributed by atoms with Crippen LogP contribution in [0.1, 0.15) is 11.1 Å². The minimum Gasteiger partial charge on any atom is -0.493 e. The molecule has 0 aliphatic carbocycles.